The lowest BCUT2D eigenvalue weighted by Crippen LogP contribution is -3.12. The maximum Gasteiger partial charge on any atom is 0.284 e. The summed E-state index contributed by atoms with van der Waals surface area (Å²) in [5.41, 5.74) is 2.88. The van der Waals surface area contributed by atoms with Crippen LogP contribution in [0.2, 0.25) is 0 Å². The molecule has 0 saturated heterocycles. The third-order valence-corrected chi connectivity index (χ3v) is 4.69. The van der Waals surface area contributed by atoms with Gasteiger partial charge >= 0.3 is 0 Å². The van der Waals surface area contributed by atoms with E-state index < -0.39 is 0 Å². The summed E-state index contributed by atoms with van der Waals surface area (Å²) in [6.07, 6.45) is 0.904. The molecule has 1 amide bonds. The van der Waals surface area contributed by atoms with Gasteiger partial charge in [0.1, 0.15) is 12.4 Å². The second kappa shape index (κ2) is 6.50. The van der Waals surface area contributed by atoms with Gasteiger partial charge in [0.25, 0.3) is 5.91 Å². The summed E-state index contributed by atoms with van der Waals surface area (Å²) in [7, 11) is 1.94. The van der Waals surface area contributed by atoms with Crippen LogP contribution in [0.15, 0.2) is 48.5 Å². The van der Waals surface area contributed by atoms with E-state index in [2.05, 4.69) is 6.07 Å². The van der Waals surface area contributed by atoms with E-state index in [0.29, 0.717) is 12.1 Å². The number of quaternary nitrogens is 1. The Labute approximate surface area is 136 Å². The van der Waals surface area contributed by atoms with Crippen LogP contribution in [0.25, 0.3) is 0 Å². The molecule has 2 aromatic rings. The zero-order valence-electron chi connectivity index (χ0n) is 13.6. The van der Waals surface area contributed by atoms with Gasteiger partial charge in [-0.25, -0.2) is 4.39 Å². The third-order valence-electron chi connectivity index (χ3n) is 4.69. The Morgan fingerprint density at radius 3 is 2.70 bits per heavy atom. The third kappa shape index (κ3) is 3.13. The van der Waals surface area contributed by atoms with E-state index in [0.717, 1.165) is 23.6 Å². The van der Waals surface area contributed by atoms with Crippen molar-refractivity contribution in [1.29, 1.82) is 0 Å². The molecule has 1 aliphatic heterocycles. The SMILES string of the molecule is C[C@H](C(=O)N1CCc2ccccc21)[NH+](C)Cc1ccccc1F. The zero-order chi connectivity index (χ0) is 16.4. The van der Waals surface area contributed by atoms with Crippen LogP contribution >= 0.6 is 0 Å². The fourth-order valence-electron chi connectivity index (χ4n) is 3.11. The monoisotopic (exact) mass is 313 g/mol. The number of benzene rings is 2. The highest BCUT2D eigenvalue weighted by Gasteiger charge is 2.32. The molecular formula is C19H22FN2O+. The van der Waals surface area contributed by atoms with E-state index in [-0.39, 0.29) is 17.8 Å². The molecule has 0 bridgehead atoms. The molecule has 1 unspecified atom stereocenters. The van der Waals surface area contributed by atoms with Crippen LogP contribution in [0, 0.1) is 5.82 Å². The Morgan fingerprint density at radius 2 is 1.91 bits per heavy atom. The number of anilines is 1. The van der Waals surface area contributed by atoms with Crippen molar-refractivity contribution in [2.75, 3.05) is 18.5 Å². The smallest absolute Gasteiger partial charge is 0.284 e. The van der Waals surface area contributed by atoms with E-state index in [1.165, 1.54) is 11.6 Å². The molecule has 1 heterocycles. The number of amides is 1. The number of carbonyl (C=O) groups is 1. The van der Waals surface area contributed by atoms with Crippen LogP contribution in [0.4, 0.5) is 10.1 Å². The van der Waals surface area contributed by atoms with Crippen LogP contribution in [-0.2, 0) is 17.8 Å². The second-order valence-electron chi connectivity index (χ2n) is 6.20. The first-order valence-corrected chi connectivity index (χ1v) is 8.03. The molecule has 23 heavy (non-hydrogen) atoms. The van der Waals surface area contributed by atoms with Crippen molar-refractivity contribution in [3.63, 3.8) is 0 Å². The first-order valence-electron chi connectivity index (χ1n) is 8.03. The van der Waals surface area contributed by atoms with Gasteiger partial charge in [0.2, 0.25) is 0 Å². The molecule has 2 atom stereocenters. The minimum atomic E-state index is -0.222. The molecular weight excluding hydrogens is 291 g/mol. The summed E-state index contributed by atoms with van der Waals surface area (Å²) in [4.78, 5) is 15.7. The molecule has 1 aliphatic rings. The number of carbonyl (C=O) groups excluding carboxylic acids is 1. The minimum Gasteiger partial charge on any atom is -0.324 e. The van der Waals surface area contributed by atoms with Crippen LogP contribution in [0.1, 0.15) is 18.1 Å². The van der Waals surface area contributed by atoms with Crippen LogP contribution in [-0.4, -0.2) is 25.5 Å². The Hall–Kier alpha value is -2.20. The van der Waals surface area contributed by atoms with Crippen molar-refractivity contribution in [3.8, 4) is 0 Å². The number of nitrogens with zero attached hydrogens (tertiary/aromatic N) is 1. The highest BCUT2D eigenvalue weighted by molar-refractivity contribution is 5.97. The van der Waals surface area contributed by atoms with Gasteiger partial charge in [-0.3, -0.25) is 4.79 Å². The largest absolute Gasteiger partial charge is 0.324 e. The van der Waals surface area contributed by atoms with Crippen molar-refractivity contribution in [2.24, 2.45) is 0 Å². The molecule has 2 aromatic carbocycles. The summed E-state index contributed by atoms with van der Waals surface area (Å²) in [5.74, 6) is -0.109. The maximum absolute atomic E-state index is 13.8. The van der Waals surface area contributed by atoms with E-state index in [1.54, 1.807) is 12.1 Å². The minimum absolute atomic E-state index is 0.101. The van der Waals surface area contributed by atoms with Crippen molar-refractivity contribution in [3.05, 3.63) is 65.5 Å². The predicted molar refractivity (Wildman–Crippen MR) is 89.0 cm³/mol. The number of nitrogens with one attached hydrogen (secondary N) is 1. The van der Waals surface area contributed by atoms with Gasteiger partial charge in [0.05, 0.1) is 7.05 Å². The van der Waals surface area contributed by atoms with Crippen molar-refractivity contribution in [1.82, 2.24) is 0 Å². The van der Waals surface area contributed by atoms with Gasteiger partial charge < -0.3 is 9.80 Å². The first kappa shape index (κ1) is 15.7. The quantitative estimate of drug-likeness (QED) is 0.915. The molecule has 0 spiro atoms. The average Bonchev–Trinajstić information content (AvgIpc) is 2.99. The number of likely N-dealkylation sites (N-methyl/N-ethyl adjacent to an activating group) is 1. The Bertz CT molecular complexity index is 716. The topological polar surface area (TPSA) is 24.8 Å². The molecule has 0 aliphatic carbocycles. The molecule has 4 heteroatoms. The average molecular weight is 313 g/mol. The normalized spacial score (nSPS) is 16.0. The Kier molecular flexibility index (Phi) is 4.44. The number of halogens is 1. The van der Waals surface area contributed by atoms with E-state index >= 15 is 0 Å². The summed E-state index contributed by atoms with van der Waals surface area (Å²) >= 11 is 0. The molecule has 1 N–H and O–H groups in total. The summed E-state index contributed by atoms with van der Waals surface area (Å²) in [6.45, 7) is 3.14. The standard InChI is InChI=1S/C19H21FN2O/c1-14(21(2)13-16-8-3-5-9-17(16)20)19(23)22-12-11-15-7-4-6-10-18(15)22/h3-10,14H,11-13H2,1-2H3/p+1/t14-/m1/s1. The van der Waals surface area contributed by atoms with Gasteiger partial charge in [-0.2, -0.15) is 0 Å². The van der Waals surface area contributed by atoms with E-state index in [9.17, 15) is 9.18 Å². The molecule has 120 valence electrons. The van der Waals surface area contributed by atoms with Crippen molar-refractivity contribution in [2.45, 2.75) is 25.9 Å². The van der Waals surface area contributed by atoms with Crippen LogP contribution < -0.4 is 9.80 Å². The maximum atomic E-state index is 13.8. The molecule has 3 rings (SSSR count). The molecule has 0 fully saturated rings. The zero-order valence-corrected chi connectivity index (χ0v) is 13.6. The summed E-state index contributed by atoms with van der Waals surface area (Å²) < 4.78 is 13.8. The van der Waals surface area contributed by atoms with Gasteiger partial charge in [0, 0.05) is 17.8 Å². The van der Waals surface area contributed by atoms with Crippen LogP contribution in [0.3, 0.4) is 0 Å². The number of para-hydroxylation sites is 1. The highest BCUT2D eigenvalue weighted by atomic mass is 19.1. The molecule has 0 saturated carbocycles. The number of hydrogen-bond acceptors (Lipinski definition) is 1. The highest BCUT2D eigenvalue weighted by Crippen LogP contribution is 2.27. The lowest BCUT2D eigenvalue weighted by atomic mass is 10.1. The number of hydrogen-bond donors (Lipinski definition) is 1. The molecule has 3 nitrogen and oxygen atoms in total. The van der Waals surface area contributed by atoms with Gasteiger partial charge in [-0.15, -0.1) is 0 Å². The second-order valence-corrected chi connectivity index (χ2v) is 6.20. The lowest BCUT2D eigenvalue weighted by Gasteiger charge is -2.26. The van der Waals surface area contributed by atoms with Crippen molar-refractivity contribution < 1.29 is 14.1 Å². The fraction of sp³-hybridized carbons (Fsp3) is 0.316. The Balaban J connectivity index is 1.72. The van der Waals surface area contributed by atoms with E-state index in [1.807, 2.05) is 43.1 Å². The predicted octanol–water partition coefficient (Wildman–Crippen LogP) is 1.82. The van der Waals surface area contributed by atoms with Gasteiger partial charge in [-0.1, -0.05) is 36.4 Å². The lowest BCUT2D eigenvalue weighted by molar-refractivity contribution is -0.908. The van der Waals surface area contributed by atoms with Crippen molar-refractivity contribution >= 4 is 11.6 Å². The summed E-state index contributed by atoms with van der Waals surface area (Å²) in [5, 5.41) is 0. The summed E-state index contributed by atoms with van der Waals surface area (Å²) in [6, 6.07) is 14.6. The molecule has 0 radical (unpaired) electrons. The van der Waals surface area contributed by atoms with E-state index in [4.69, 9.17) is 0 Å². The van der Waals surface area contributed by atoms with Crippen LogP contribution in [0.5, 0.6) is 0 Å². The number of fused-ring (bicyclic) bond motifs is 1. The first-order chi connectivity index (χ1) is 11.1. The van der Waals surface area contributed by atoms with Gasteiger partial charge in [0.15, 0.2) is 6.04 Å². The van der Waals surface area contributed by atoms with Gasteiger partial charge in [-0.05, 0) is 31.0 Å². The Morgan fingerprint density at radius 1 is 1.22 bits per heavy atom. The fourth-order valence-corrected chi connectivity index (χ4v) is 3.11. The number of rotatable bonds is 4. The molecule has 0 aromatic heterocycles.